The minimum Gasteiger partial charge on any atom is -0.389 e. The van der Waals surface area contributed by atoms with Crippen molar-refractivity contribution in [1.82, 2.24) is 4.98 Å². The summed E-state index contributed by atoms with van der Waals surface area (Å²) < 4.78 is -2.05. The van der Waals surface area contributed by atoms with Crippen molar-refractivity contribution in [2.24, 2.45) is 0 Å². The maximum atomic E-state index is 11.6. The van der Waals surface area contributed by atoms with Crippen molar-refractivity contribution in [3.05, 3.63) is 23.5 Å². The van der Waals surface area contributed by atoms with Crippen LogP contribution in [0, 0.1) is 0 Å². The van der Waals surface area contributed by atoms with Gasteiger partial charge in [0.15, 0.2) is 0 Å². The second-order valence-corrected chi connectivity index (χ2v) is 6.27. The monoisotopic (exact) mass is 363 g/mol. The van der Waals surface area contributed by atoms with E-state index in [1.165, 1.54) is 12.3 Å². The van der Waals surface area contributed by atoms with E-state index in [0.29, 0.717) is 5.56 Å². The van der Waals surface area contributed by atoms with Crippen molar-refractivity contribution < 1.29 is 15.0 Å². The molecule has 0 aliphatic heterocycles. The molecule has 0 amide bonds. The van der Waals surface area contributed by atoms with E-state index in [4.69, 9.17) is 34.8 Å². The number of rotatable bonds is 4. The van der Waals surface area contributed by atoms with Gasteiger partial charge in [0.2, 0.25) is 5.78 Å². The van der Waals surface area contributed by atoms with Crippen molar-refractivity contribution in [3.8, 4) is 0 Å². The predicted molar refractivity (Wildman–Crippen MR) is 70.2 cm³/mol. The number of hydrogen-bond donors (Lipinski definition) is 3. The van der Waals surface area contributed by atoms with Crippen molar-refractivity contribution in [3.63, 3.8) is 0 Å². The molecule has 0 saturated carbocycles. The maximum absolute atomic E-state index is 11.6. The summed E-state index contributed by atoms with van der Waals surface area (Å²) in [4.78, 5) is 14.1. The molecule has 1 aromatic heterocycles. The zero-order valence-corrected chi connectivity index (χ0v) is 12.2. The van der Waals surface area contributed by atoms with Gasteiger partial charge in [0.1, 0.15) is 6.10 Å². The Labute approximate surface area is 121 Å². The van der Waals surface area contributed by atoms with Crippen molar-refractivity contribution in [1.29, 1.82) is 0 Å². The number of aromatic amines is 1. The van der Waals surface area contributed by atoms with Gasteiger partial charge in [0.25, 0.3) is 3.79 Å². The zero-order valence-electron chi connectivity index (χ0n) is 8.33. The van der Waals surface area contributed by atoms with E-state index in [9.17, 15) is 15.0 Å². The molecule has 4 nitrogen and oxygen atoms in total. The third kappa shape index (κ3) is 3.84. The molecule has 0 aromatic carbocycles. The molecule has 2 unspecified atom stereocenters. The number of aromatic nitrogens is 1. The van der Waals surface area contributed by atoms with E-state index < -0.39 is 21.8 Å². The largest absolute Gasteiger partial charge is 0.389 e. The summed E-state index contributed by atoms with van der Waals surface area (Å²) in [6.07, 6.45) is -0.732. The van der Waals surface area contributed by atoms with Crippen LogP contribution in [0.15, 0.2) is 12.3 Å². The van der Waals surface area contributed by atoms with E-state index in [1.54, 1.807) is 0 Å². The smallest absolute Gasteiger partial charge is 0.254 e. The van der Waals surface area contributed by atoms with Gasteiger partial charge in [-0.3, -0.25) is 4.79 Å². The number of carbonyl (C=O) groups is 1. The van der Waals surface area contributed by atoms with E-state index in [-0.39, 0.29) is 11.0 Å². The van der Waals surface area contributed by atoms with Crippen molar-refractivity contribution in [2.75, 3.05) is 5.33 Å². The van der Waals surface area contributed by atoms with Crippen LogP contribution in [0.2, 0.25) is 0 Å². The van der Waals surface area contributed by atoms with Gasteiger partial charge in [-0.15, -0.1) is 0 Å². The van der Waals surface area contributed by atoms with Gasteiger partial charge >= 0.3 is 0 Å². The standard InChI is InChI=1S/C9H9BrCl3NO3/c10-2-6(15)7(16)4-1-5(14-3-4)8(17)9(11,12)13/h1,3,6-7,14-16H,2H2. The molecule has 0 spiro atoms. The molecule has 2 atom stereocenters. The number of ketones is 1. The van der Waals surface area contributed by atoms with E-state index in [1.807, 2.05) is 0 Å². The summed E-state index contributed by atoms with van der Waals surface area (Å²) in [5.74, 6) is -0.728. The van der Waals surface area contributed by atoms with Gasteiger partial charge in [-0.05, 0) is 6.07 Å². The fourth-order valence-corrected chi connectivity index (χ4v) is 1.83. The summed E-state index contributed by atoms with van der Waals surface area (Å²) in [5, 5.41) is 19.3. The number of halogens is 4. The van der Waals surface area contributed by atoms with Gasteiger partial charge in [0, 0.05) is 17.1 Å². The summed E-state index contributed by atoms with van der Waals surface area (Å²) in [6.45, 7) is 0. The van der Waals surface area contributed by atoms with Gasteiger partial charge in [-0.2, -0.15) is 0 Å². The Hall–Kier alpha value is 0.220. The molecule has 0 saturated heterocycles. The van der Waals surface area contributed by atoms with Gasteiger partial charge < -0.3 is 15.2 Å². The second kappa shape index (κ2) is 5.91. The molecular weight excluding hydrogens is 356 g/mol. The topological polar surface area (TPSA) is 73.3 Å². The molecule has 8 heteroatoms. The Morgan fingerprint density at radius 1 is 1.47 bits per heavy atom. The maximum Gasteiger partial charge on any atom is 0.254 e. The molecule has 1 rings (SSSR count). The minimum atomic E-state index is -2.05. The lowest BCUT2D eigenvalue weighted by Gasteiger charge is -2.13. The molecular formula is C9H9BrCl3NO3. The number of carbonyl (C=O) groups excluding carboxylic acids is 1. The Morgan fingerprint density at radius 3 is 2.53 bits per heavy atom. The summed E-state index contributed by atoms with van der Waals surface area (Å²) in [6, 6.07) is 1.33. The average Bonchev–Trinajstić information content (AvgIpc) is 2.73. The highest BCUT2D eigenvalue weighted by Crippen LogP contribution is 2.31. The Bertz CT molecular complexity index is 404. The summed E-state index contributed by atoms with van der Waals surface area (Å²) >= 11 is 19.3. The van der Waals surface area contributed by atoms with Crippen LogP contribution in [-0.4, -0.2) is 36.2 Å². The number of alkyl halides is 4. The molecule has 0 aliphatic rings. The number of Topliss-reactive ketones (excluding diaryl/α,β-unsaturated/α-hetero) is 1. The van der Waals surface area contributed by atoms with Crippen LogP contribution in [0.4, 0.5) is 0 Å². The van der Waals surface area contributed by atoms with Gasteiger partial charge in [-0.1, -0.05) is 50.7 Å². The first kappa shape index (κ1) is 15.3. The normalized spacial score (nSPS) is 15.6. The van der Waals surface area contributed by atoms with Crippen molar-refractivity contribution >= 4 is 56.5 Å². The molecule has 3 N–H and O–H groups in total. The lowest BCUT2D eigenvalue weighted by molar-refractivity contribution is 0.0343. The highest BCUT2D eigenvalue weighted by molar-refractivity contribution is 9.09. The SMILES string of the molecule is O=C(c1cc(C(O)C(O)CBr)c[nH]1)C(Cl)(Cl)Cl. The Morgan fingerprint density at radius 2 is 2.06 bits per heavy atom. The number of aliphatic hydroxyl groups is 2. The average molecular weight is 365 g/mol. The van der Waals surface area contributed by atoms with Gasteiger partial charge in [0.05, 0.1) is 11.8 Å². The first-order valence-corrected chi connectivity index (χ1v) is 6.75. The highest BCUT2D eigenvalue weighted by Gasteiger charge is 2.33. The van der Waals surface area contributed by atoms with Crippen LogP contribution in [0.3, 0.4) is 0 Å². The molecule has 1 heterocycles. The number of hydrogen-bond acceptors (Lipinski definition) is 3. The number of nitrogens with one attached hydrogen (secondary N) is 1. The molecule has 1 aromatic rings. The highest BCUT2D eigenvalue weighted by atomic mass is 79.9. The van der Waals surface area contributed by atoms with Crippen LogP contribution < -0.4 is 0 Å². The van der Waals surface area contributed by atoms with Crippen LogP contribution in [0.5, 0.6) is 0 Å². The fourth-order valence-electron chi connectivity index (χ4n) is 1.17. The quantitative estimate of drug-likeness (QED) is 0.566. The van der Waals surface area contributed by atoms with Crippen LogP contribution in [-0.2, 0) is 0 Å². The minimum absolute atomic E-state index is 0.0563. The summed E-state index contributed by atoms with van der Waals surface area (Å²) in [7, 11) is 0. The molecule has 0 radical (unpaired) electrons. The Kier molecular flexibility index (Phi) is 5.31. The fraction of sp³-hybridized carbons (Fsp3) is 0.444. The predicted octanol–water partition coefficient (Wildman–Crippen LogP) is 2.36. The molecule has 0 bridgehead atoms. The van der Waals surface area contributed by atoms with E-state index in [2.05, 4.69) is 20.9 Å². The number of aliphatic hydroxyl groups excluding tert-OH is 2. The lowest BCUT2D eigenvalue weighted by atomic mass is 10.1. The van der Waals surface area contributed by atoms with Crippen LogP contribution >= 0.6 is 50.7 Å². The lowest BCUT2D eigenvalue weighted by Crippen LogP contribution is -2.20. The van der Waals surface area contributed by atoms with Gasteiger partial charge in [-0.25, -0.2) is 0 Å². The molecule has 0 aliphatic carbocycles. The van der Waals surface area contributed by atoms with Crippen LogP contribution in [0.1, 0.15) is 22.2 Å². The van der Waals surface area contributed by atoms with Crippen LogP contribution in [0.25, 0.3) is 0 Å². The first-order chi connectivity index (χ1) is 7.77. The molecule has 17 heavy (non-hydrogen) atoms. The second-order valence-electron chi connectivity index (χ2n) is 3.34. The van der Waals surface area contributed by atoms with E-state index >= 15 is 0 Å². The first-order valence-electron chi connectivity index (χ1n) is 4.49. The summed E-state index contributed by atoms with van der Waals surface area (Å²) in [5.41, 5.74) is 0.398. The third-order valence-electron chi connectivity index (χ3n) is 2.07. The van der Waals surface area contributed by atoms with E-state index in [0.717, 1.165) is 0 Å². The van der Waals surface area contributed by atoms with Crippen molar-refractivity contribution in [2.45, 2.75) is 16.0 Å². The Balaban J connectivity index is 2.89. The third-order valence-corrected chi connectivity index (χ3v) is 3.25. The number of H-pyrrole nitrogens is 1. The molecule has 96 valence electrons. The molecule has 0 fully saturated rings. The zero-order chi connectivity index (χ0) is 13.2.